The van der Waals surface area contributed by atoms with E-state index in [9.17, 15) is 5.26 Å². The molecule has 5 aromatic rings. The fraction of sp³-hybridized carbons (Fsp3) is 0.429. The average molecular weight is 539 g/mol. The minimum atomic E-state index is -0.357. The van der Waals surface area contributed by atoms with Crippen LogP contribution in [0.1, 0.15) is 48.7 Å². The number of aryl methyl sites for hydroxylation is 1. The number of pyridine rings is 2. The molecule has 0 N–H and O–H groups in total. The lowest BCUT2D eigenvalue weighted by Crippen LogP contribution is -2.52. The van der Waals surface area contributed by atoms with Gasteiger partial charge >= 0.3 is 0 Å². The summed E-state index contributed by atoms with van der Waals surface area (Å²) in [6.07, 6.45) is 10.6. The Morgan fingerprint density at radius 2 is 1.93 bits per heavy atom. The predicted molar refractivity (Wildman–Crippen MR) is 146 cm³/mol. The summed E-state index contributed by atoms with van der Waals surface area (Å²) in [7, 11) is 1.89. The Kier molecular flexibility index (Phi) is 5.98. The van der Waals surface area contributed by atoms with E-state index in [4.69, 9.17) is 9.47 Å². The summed E-state index contributed by atoms with van der Waals surface area (Å²) in [6.45, 7) is 7.80. The van der Waals surface area contributed by atoms with Gasteiger partial charge in [-0.15, -0.1) is 5.10 Å². The highest BCUT2D eigenvalue weighted by Crippen LogP contribution is 2.35. The monoisotopic (exact) mass is 538 g/mol. The summed E-state index contributed by atoms with van der Waals surface area (Å²) in [4.78, 5) is 6.93. The molecule has 2 aliphatic rings. The molecular weight excluding hydrogens is 508 g/mol. The van der Waals surface area contributed by atoms with Crippen molar-refractivity contribution in [1.82, 2.24) is 44.3 Å². The van der Waals surface area contributed by atoms with Crippen molar-refractivity contribution in [3.8, 4) is 23.1 Å². The van der Waals surface area contributed by atoms with Gasteiger partial charge in [-0.25, -0.2) is 9.20 Å². The summed E-state index contributed by atoms with van der Waals surface area (Å²) < 4.78 is 17.5. The van der Waals surface area contributed by atoms with Gasteiger partial charge in [-0.3, -0.25) is 14.6 Å². The minimum Gasteiger partial charge on any atom is -0.484 e. The quantitative estimate of drug-likeness (QED) is 0.320. The van der Waals surface area contributed by atoms with Gasteiger partial charge in [0.05, 0.1) is 55.1 Å². The maximum Gasteiger partial charge on any atom is 0.148 e. The predicted octanol–water partition coefficient (Wildman–Crippen LogP) is 3.23. The van der Waals surface area contributed by atoms with E-state index in [1.807, 2.05) is 32.4 Å². The molecule has 0 radical (unpaired) electrons. The van der Waals surface area contributed by atoms with Crippen LogP contribution < -0.4 is 4.74 Å². The molecule has 12 heteroatoms. The van der Waals surface area contributed by atoms with Crippen molar-refractivity contribution < 1.29 is 9.47 Å². The van der Waals surface area contributed by atoms with E-state index in [0.717, 1.165) is 72.6 Å². The molecule has 0 amide bonds. The highest BCUT2D eigenvalue weighted by atomic mass is 16.5. The second-order valence-electron chi connectivity index (χ2n) is 10.7. The number of aromatic nitrogens is 8. The van der Waals surface area contributed by atoms with Gasteiger partial charge in [-0.2, -0.15) is 15.5 Å². The Labute approximate surface area is 230 Å². The molecule has 7 rings (SSSR count). The standard InChI is InChI=1S/C28H30N10O2/c1-17-27(33-34-38(17)21-4-6-36(7-5-21)22-15-39-16-22)19-8-26(28-20(9-29)10-32-37(28)14-19)40-18(2)23-11-30-13-25-24(23)12-31-35(25)3/h8,10-14,18,21-22H,4-7,15-16H2,1-3H3. The Bertz CT molecular complexity index is 1750. The highest BCUT2D eigenvalue weighted by molar-refractivity contribution is 5.81. The number of fused-ring (bicyclic) bond motifs is 2. The number of nitriles is 1. The molecule has 40 heavy (non-hydrogen) atoms. The first-order valence-electron chi connectivity index (χ1n) is 13.6. The van der Waals surface area contributed by atoms with Crippen LogP contribution in [0.3, 0.4) is 0 Å². The van der Waals surface area contributed by atoms with Crippen LogP contribution >= 0.6 is 0 Å². The van der Waals surface area contributed by atoms with Crippen LogP contribution in [0.15, 0.2) is 37.1 Å². The van der Waals surface area contributed by atoms with Crippen molar-refractivity contribution in [3.63, 3.8) is 0 Å². The number of ether oxygens (including phenoxy) is 2. The summed E-state index contributed by atoms with van der Waals surface area (Å²) in [5.74, 6) is 0.546. The van der Waals surface area contributed by atoms with Crippen molar-refractivity contribution in [1.29, 1.82) is 5.26 Å². The van der Waals surface area contributed by atoms with Crippen molar-refractivity contribution in [2.45, 2.75) is 44.9 Å². The largest absolute Gasteiger partial charge is 0.484 e. The molecule has 0 bridgehead atoms. The van der Waals surface area contributed by atoms with Gasteiger partial charge in [0.15, 0.2) is 0 Å². The van der Waals surface area contributed by atoms with Gasteiger partial charge in [-0.05, 0) is 32.8 Å². The third-order valence-electron chi connectivity index (χ3n) is 8.33. The van der Waals surface area contributed by atoms with Crippen LogP contribution in [-0.4, -0.2) is 76.6 Å². The Balaban J connectivity index is 1.22. The number of hydrogen-bond acceptors (Lipinski definition) is 9. The van der Waals surface area contributed by atoms with Gasteiger partial charge in [0.2, 0.25) is 0 Å². The van der Waals surface area contributed by atoms with Crippen molar-refractivity contribution in [3.05, 3.63) is 53.9 Å². The maximum absolute atomic E-state index is 9.78. The van der Waals surface area contributed by atoms with E-state index in [0.29, 0.717) is 28.9 Å². The van der Waals surface area contributed by atoms with E-state index < -0.39 is 0 Å². The lowest BCUT2D eigenvalue weighted by molar-refractivity contribution is -0.0735. The SMILES string of the molecule is Cc1c(-c2cc(OC(C)c3cncc4c3cnn4C)c3c(C#N)cnn3c2)nnn1C1CCN(C2COC2)CC1. The van der Waals surface area contributed by atoms with E-state index in [1.165, 1.54) is 0 Å². The van der Waals surface area contributed by atoms with Crippen LogP contribution in [0.25, 0.3) is 27.7 Å². The molecule has 2 saturated heterocycles. The molecule has 5 aromatic heterocycles. The summed E-state index contributed by atoms with van der Waals surface area (Å²) in [6, 6.07) is 5.05. The summed E-state index contributed by atoms with van der Waals surface area (Å²) >= 11 is 0. The molecule has 2 aliphatic heterocycles. The maximum atomic E-state index is 9.78. The lowest BCUT2D eigenvalue weighted by Gasteiger charge is -2.41. The molecule has 0 spiro atoms. The van der Waals surface area contributed by atoms with Crippen LogP contribution in [-0.2, 0) is 11.8 Å². The number of likely N-dealkylation sites (tertiary alicyclic amines) is 1. The third-order valence-corrected chi connectivity index (χ3v) is 8.33. The Morgan fingerprint density at radius 3 is 2.67 bits per heavy atom. The zero-order valence-electron chi connectivity index (χ0n) is 22.7. The molecular formula is C28H30N10O2. The van der Waals surface area contributed by atoms with Gasteiger partial charge < -0.3 is 9.47 Å². The van der Waals surface area contributed by atoms with Crippen LogP contribution in [0.2, 0.25) is 0 Å². The normalized spacial score (nSPS) is 17.8. The first-order valence-corrected chi connectivity index (χ1v) is 13.6. The second-order valence-corrected chi connectivity index (χ2v) is 10.7. The molecule has 0 aromatic carbocycles. The number of rotatable bonds is 6. The zero-order chi connectivity index (χ0) is 27.4. The van der Waals surface area contributed by atoms with Gasteiger partial charge in [0.25, 0.3) is 0 Å². The van der Waals surface area contributed by atoms with E-state index in [2.05, 4.69) is 48.1 Å². The third kappa shape index (κ3) is 4.01. The fourth-order valence-corrected chi connectivity index (χ4v) is 5.93. The van der Waals surface area contributed by atoms with Crippen molar-refractivity contribution in [2.75, 3.05) is 26.3 Å². The van der Waals surface area contributed by atoms with E-state index in [1.54, 1.807) is 27.8 Å². The molecule has 0 saturated carbocycles. The van der Waals surface area contributed by atoms with E-state index >= 15 is 0 Å². The minimum absolute atomic E-state index is 0.306. The molecule has 0 aliphatic carbocycles. The number of nitrogens with zero attached hydrogens (tertiary/aromatic N) is 10. The van der Waals surface area contributed by atoms with E-state index in [-0.39, 0.29) is 6.10 Å². The van der Waals surface area contributed by atoms with Crippen LogP contribution in [0.5, 0.6) is 5.75 Å². The molecule has 1 atom stereocenters. The first kappa shape index (κ1) is 24.7. The molecule has 12 nitrogen and oxygen atoms in total. The van der Waals surface area contributed by atoms with Gasteiger partial charge in [-0.1, -0.05) is 5.21 Å². The Hall–Kier alpha value is -4.34. The van der Waals surface area contributed by atoms with Crippen LogP contribution in [0, 0.1) is 18.3 Å². The topological polar surface area (TPSA) is 124 Å². The number of hydrogen-bond donors (Lipinski definition) is 0. The summed E-state index contributed by atoms with van der Waals surface area (Å²) in [5.41, 5.74) is 5.49. The lowest BCUT2D eigenvalue weighted by atomic mass is 10.0. The molecule has 2 fully saturated rings. The first-order chi connectivity index (χ1) is 19.5. The Morgan fingerprint density at radius 1 is 1.10 bits per heavy atom. The molecule has 7 heterocycles. The zero-order valence-corrected chi connectivity index (χ0v) is 22.7. The van der Waals surface area contributed by atoms with Crippen LogP contribution in [0.4, 0.5) is 0 Å². The number of piperidine rings is 1. The second kappa shape index (κ2) is 9.69. The average Bonchev–Trinajstić information content (AvgIpc) is 3.64. The van der Waals surface area contributed by atoms with Gasteiger partial charge in [0.1, 0.15) is 34.7 Å². The molecule has 204 valence electrons. The van der Waals surface area contributed by atoms with Crippen molar-refractivity contribution >= 4 is 16.4 Å². The van der Waals surface area contributed by atoms with Crippen molar-refractivity contribution in [2.24, 2.45) is 7.05 Å². The smallest absolute Gasteiger partial charge is 0.148 e. The summed E-state index contributed by atoms with van der Waals surface area (Å²) in [5, 5.41) is 28.8. The van der Waals surface area contributed by atoms with Gasteiger partial charge in [0, 0.05) is 49.0 Å². The highest BCUT2D eigenvalue weighted by Gasteiger charge is 2.31. The fourth-order valence-electron chi connectivity index (χ4n) is 5.93. The molecule has 1 unspecified atom stereocenters.